The van der Waals surface area contributed by atoms with E-state index in [1.165, 1.54) is 0 Å². The van der Waals surface area contributed by atoms with Crippen molar-refractivity contribution in [2.45, 2.75) is 20.3 Å². The molecule has 3 nitrogen and oxygen atoms in total. The predicted octanol–water partition coefficient (Wildman–Crippen LogP) is 2.25. The van der Waals surface area contributed by atoms with Gasteiger partial charge in [-0.1, -0.05) is 18.5 Å². The number of imidazole rings is 1. The molecule has 0 spiro atoms. The molecule has 0 atom stereocenters. The lowest BCUT2D eigenvalue weighted by molar-refractivity contribution is 0.855. The van der Waals surface area contributed by atoms with Crippen molar-refractivity contribution in [2.75, 3.05) is 0 Å². The summed E-state index contributed by atoms with van der Waals surface area (Å²) in [5.74, 6) is 0. The molecule has 0 fully saturated rings. The number of halogens is 1. The third-order valence-electron chi connectivity index (χ3n) is 2.05. The SMILES string of the molecule is CCc1cnc2c(C)cc(Cl)nn12. The van der Waals surface area contributed by atoms with Gasteiger partial charge in [-0.2, -0.15) is 5.10 Å². The van der Waals surface area contributed by atoms with Gasteiger partial charge in [-0.3, -0.25) is 0 Å². The van der Waals surface area contributed by atoms with E-state index in [1.807, 2.05) is 19.2 Å². The highest BCUT2D eigenvalue weighted by atomic mass is 35.5. The summed E-state index contributed by atoms with van der Waals surface area (Å²) >= 11 is 5.85. The lowest BCUT2D eigenvalue weighted by Gasteiger charge is -2.00. The minimum atomic E-state index is 0.512. The largest absolute Gasteiger partial charge is 0.235 e. The van der Waals surface area contributed by atoms with Gasteiger partial charge in [0.15, 0.2) is 5.65 Å². The zero-order valence-corrected chi connectivity index (χ0v) is 8.34. The van der Waals surface area contributed by atoms with Crippen LogP contribution in [0.1, 0.15) is 18.2 Å². The average Bonchev–Trinajstić information content (AvgIpc) is 2.47. The molecule has 0 radical (unpaired) electrons. The van der Waals surface area contributed by atoms with Crippen molar-refractivity contribution in [2.24, 2.45) is 0 Å². The molecule has 0 saturated heterocycles. The van der Waals surface area contributed by atoms with Crippen molar-refractivity contribution in [3.8, 4) is 0 Å². The zero-order valence-electron chi connectivity index (χ0n) is 7.58. The van der Waals surface area contributed by atoms with Crippen molar-refractivity contribution in [1.29, 1.82) is 0 Å². The van der Waals surface area contributed by atoms with E-state index in [2.05, 4.69) is 17.0 Å². The van der Waals surface area contributed by atoms with E-state index in [0.29, 0.717) is 5.15 Å². The Hall–Kier alpha value is -1.09. The smallest absolute Gasteiger partial charge is 0.156 e. The Morgan fingerprint density at radius 2 is 2.31 bits per heavy atom. The second-order valence-corrected chi connectivity index (χ2v) is 3.38. The van der Waals surface area contributed by atoms with Crippen molar-refractivity contribution < 1.29 is 0 Å². The molecule has 68 valence electrons. The van der Waals surface area contributed by atoms with E-state index < -0.39 is 0 Å². The van der Waals surface area contributed by atoms with E-state index in [1.54, 1.807) is 4.52 Å². The van der Waals surface area contributed by atoms with Gasteiger partial charge >= 0.3 is 0 Å². The maximum Gasteiger partial charge on any atom is 0.156 e. The lowest BCUT2D eigenvalue weighted by Crippen LogP contribution is -1.98. The molecular weight excluding hydrogens is 186 g/mol. The molecular formula is C9H10ClN3. The van der Waals surface area contributed by atoms with Gasteiger partial charge in [-0.15, -0.1) is 0 Å². The Bertz CT molecular complexity index is 447. The maximum atomic E-state index is 5.85. The number of fused-ring (bicyclic) bond motifs is 1. The van der Waals surface area contributed by atoms with Gasteiger partial charge in [0.1, 0.15) is 5.15 Å². The van der Waals surface area contributed by atoms with E-state index in [9.17, 15) is 0 Å². The van der Waals surface area contributed by atoms with Crippen LogP contribution in [0.3, 0.4) is 0 Å². The fraction of sp³-hybridized carbons (Fsp3) is 0.333. The van der Waals surface area contributed by atoms with Crippen LogP contribution >= 0.6 is 11.6 Å². The molecule has 0 saturated carbocycles. The fourth-order valence-corrected chi connectivity index (χ4v) is 1.61. The van der Waals surface area contributed by atoms with Gasteiger partial charge in [0.25, 0.3) is 0 Å². The molecule has 0 amide bonds. The van der Waals surface area contributed by atoms with Gasteiger partial charge in [-0.05, 0) is 25.0 Å². The van der Waals surface area contributed by atoms with E-state index in [0.717, 1.165) is 23.3 Å². The van der Waals surface area contributed by atoms with Crippen molar-refractivity contribution in [1.82, 2.24) is 14.6 Å². The number of aryl methyl sites for hydroxylation is 2. The summed E-state index contributed by atoms with van der Waals surface area (Å²) in [4.78, 5) is 4.27. The van der Waals surface area contributed by atoms with E-state index in [4.69, 9.17) is 11.6 Å². The maximum absolute atomic E-state index is 5.85. The van der Waals surface area contributed by atoms with Crippen LogP contribution in [-0.2, 0) is 6.42 Å². The minimum absolute atomic E-state index is 0.512. The van der Waals surface area contributed by atoms with Crippen LogP contribution in [0, 0.1) is 6.92 Å². The average molecular weight is 196 g/mol. The highest BCUT2D eigenvalue weighted by Crippen LogP contribution is 2.14. The topological polar surface area (TPSA) is 30.2 Å². The van der Waals surface area contributed by atoms with Crippen LogP contribution in [-0.4, -0.2) is 14.6 Å². The normalized spacial score (nSPS) is 11.0. The molecule has 13 heavy (non-hydrogen) atoms. The van der Waals surface area contributed by atoms with Crippen molar-refractivity contribution >= 4 is 17.2 Å². The Balaban J connectivity index is 2.82. The van der Waals surface area contributed by atoms with Gasteiger partial charge in [0.2, 0.25) is 0 Å². The number of rotatable bonds is 1. The summed E-state index contributed by atoms with van der Waals surface area (Å²) < 4.78 is 1.80. The van der Waals surface area contributed by atoms with Crippen LogP contribution in [0.25, 0.3) is 5.65 Å². The van der Waals surface area contributed by atoms with Crippen molar-refractivity contribution in [3.63, 3.8) is 0 Å². The predicted molar refractivity (Wildman–Crippen MR) is 52.1 cm³/mol. The lowest BCUT2D eigenvalue weighted by atomic mass is 10.3. The summed E-state index contributed by atoms with van der Waals surface area (Å²) in [7, 11) is 0. The third-order valence-corrected chi connectivity index (χ3v) is 2.24. The molecule has 2 heterocycles. The highest BCUT2D eigenvalue weighted by molar-refractivity contribution is 6.29. The van der Waals surface area contributed by atoms with Crippen LogP contribution in [0.15, 0.2) is 12.3 Å². The molecule has 2 aromatic rings. The van der Waals surface area contributed by atoms with Gasteiger partial charge < -0.3 is 0 Å². The van der Waals surface area contributed by atoms with E-state index >= 15 is 0 Å². The number of hydrogen-bond acceptors (Lipinski definition) is 2. The summed E-state index contributed by atoms with van der Waals surface area (Å²) in [5.41, 5.74) is 3.03. The van der Waals surface area contributed by atoms with Crippen LogP contribution in [0.2, 0.25) is 5.15 Å². The fourth-order valence-electron chi connectivity index (χ4n) is 1.37. The number of nitrogens with zero attached hydrogens (tertiary/aromatic N) is 3. The first-order chi connectivity index (χ1) is 6.22. The molecule has 0 aromatic carbocycles. The second kappa shape index (κ2) is 3.00. The van der Waals surface area contributed by atoms with Gasteiger partial charge in [-0.25, -0.2) is 9.50 Å². The molecule has 0 aliphatic rings. The number of hydrogen-bond donors (Lipinski definition) is 0. The molecule has 0 aliphatic heterocycles. The Kier molecular flexibility index (Phi) is 1.96. The Labute approximate surface area is 81.4 Å². The molecule has 2 aromatic heterocycles. The first-order valence-corrected chi connectivity index (χ1v) is 4.60. The molecule has 0 aliphatic carbocycles. The van der Waals surface area contributed by atoms with Crippen molar-refractivity contribution in [3.05, 3.63) is 28.7 Å². The first kappa shape index (κ1) is 8.51. The highest BCUT2D eigenvalue weighted by Gasteiger charge is 2.05. The first-order valence-electron chi connectivity index (χ1n) is 4.22. The van der Waals surface area contributed by atoms with Crippen LogP contribution < -0.4 is 0 Å². The summed E-state index contributed by atoms with van der Waals surface area (Å²) in [6, 6.07) is 1.82. The Morgan fingerprint density at radius 3 is 3.00 bits per heavy atom. The van der Waals surface area contributed by atoms with E-state index in [-0.39, 0.29) is 0 Å². The Morgan fingerprint density at radius 1 is 1.54 bits per heavy atom. The summed E-state index contributed by atoms with van der Waals surface area (Å²) in [5, 5.41) is 4.70. The molecule has 0 bridgehead atoms. The zero-order chi connectivity index (χ0) is 9.42. The summed E-state index contributed by atoms with van der Waals surface area (Å²) in [6.45, 7) is 4.05. The van der Waals surface area contributed by atoms with Gasteiger partial charge in [0.05, 0.1) is 11.9 Å². The quantitative estimate of drug-likeness (QED) is 0.699. The molecule has 2 rings (SSSR count). The molecule has 4 heteroatoms. The molecule has 0 unspecified atom stereocenters. The standard InChI is InChI=1S/C9H10ClN3/c1-3-7-5-11-9-6(2)4-8(10)12-13(7)9/h4-5H,3H2,1-2H3. The monoisotopic (exact) mass is 195 g/mol. The third kappa shape index (κ3) is 1.29. The summed E-state index contributed by atoms with van der Waals surface area (Å²) in [6.07, 6.45) is 2.75. The van der Waals surface area contributed by atoms with Crippen LogP contribution in [0.5, 0.6) is 0 Å². The number of aromatic nitrogens is 3. The minimum Gasteiger partial charge on any atom is -0.235 e. The molecule has 0 N–H and O–H groups in total. The second-order valence-electron chi connectivity index (χ2n) is 2.99. The van der Waals surface area contributed by atoms with Gasteiger partial charge in [0, 0.05) is 0 Å². The van der Waals surface area contributed by atoms with Crippen LogP contribution in [0.4, 0.5) is 0 Å².